The van der Waals surface area contributed by atoms with Crippen LogP contribution in [0.3, 0.4) is 0 Å². The van der Waals surface area contributed by atoms with Crippen LogP contribution in [-0.2, 0) is 17.8 Å². The maximum atomic E-state index is 5.26. The fourth-order valence-corrected chi connectivity index (χ4v) is 2.93. The standard InChI is InChI=1S/C17H28N2O/c1-3-8-18-11-15-5-4-6-16(10-15)12-19-9-7-17(13-19)14-20-2/h4-6,10,17-18H,3,7-9,11-14H2,1-2H3. The highest BCUT2D eigenvalue weighted by Crippen LogP contribution is 2.19. The zero-order valence-electron chi connectivity index (χ0n) is 12.9. The Morgan fingerprint density at radius 3 is 3.00 bits per heavy atom. The minimum atomic E-state index is 0.717. The summed E-state index contributed by atoms with van der Waals surface area (Å²) in [6, 6.07) is 8.98. The van der Waals surface area contributed by atoms with Gasteiger partial charge in [0.15, 0.2) is 0 Å². The van der Waals surface area contributed by atoms with E-state index in [1.165, 1.54) is 37.1 Å². The summed E-state index contributed by atoms with van der Waals surface area (Å²) in [6.07, 6.45) is 2.46. The first-order valence-corrected chi connectivity index (χ1v) is 7.81. The fraction of sp³-hybridized carbons (Fsp3) is 0.647. The Morgan fingerprint density at radius 2 is 2.20 bits per heavy atom. The first-order chi connectivity index (χ1) is 9.81. The minimum Gasteiger partial charge on any atom is -0.384 e. The summed E-state index contributed by atoms with van der Waals surface area (Å²) in [5.41, 5.74) is 2.82. The molecule has 1 aliphatic rings. The molecule has 1 unspecified atom stereocenters. The number of hydrogen-bond acceptors (Lipinski definition) is 3. The van der Waals surface area contributed by atoms with Gasteiger partial charge < -0.3 is 10.1 Å². The number of methoxy groups -OCH3 is 1. The normalized spacial score (nSPS) is 19.6. The molecule has 1 heterocycles. The van der Waals surface area contributed by atoms with Crippen molar-refractivity contribution in [1.29, 1.82) is 0 Å². The zero-order chi connectivity index (χ0) is 14.2. The molecule has 1 aromatic carbocycles. The maximum absolute atomic E-state index is 5.26. The Balaban J connectivity index is 1.82. The van der Waals surface area contributed by atoms with E-state index in [0.29, 0.717) is 0 Å². The van der Waals surface area contributed by atoms with Gasteiger partial charge >= 0.3 is 0 Å². The summed E-state index contributed by atoms with van der Waals surface area (Å²) in [5.74, 6) is 0.717. The number of likely N-dealkylation sites (tertiary alicyclic amines) is 1. The van der Waals surface area contributed by atoms with Gasteiger partial charge in [-0.15, -0.1) is 0 Å². The van der Waals surface area contributed by atoms with Crippen LogP contribution < -0.4 is 5.32 Å². The lowest BCUT2D eigenvalue weighted by atomic mass is 10.1. The smallest absolute Gasteiger partial charge is 0.0503 e. The molecule has 0 radical (unpaired) electrons. The van der Waals surface area contributed by atoms with Crippen molar-refractivity contribution in [2.45, 2.75) is 32.9 Å². The number of benzene rings is 1. The van der Waals surface area contributed by atoms with Crippen LogP contribution >= 0.6 is 0 Å². The second kappa shape index (κ2) is 8.40. The summed E-state index contributed by atoms with van der Waals surface area (Å²) >= 11 is 0. The third kappa shape index (κ3) is 4.89. The average molecular weight is 276 g/mol. The summed E-state index contributed by atoms with van der Waals surface area (Å²) in [7, 11) is 1.80. The van der Waals surface area contributed by atoms with E-state index >= 15 is 0 Å². The average Bonchev–Trinajstić information content (AvgIpc) is 2.87. The molecule has 1 saturated heterocycles. The van der Waals surface area contributed by atoms with E-state index in [9.17, 15) is 0 Å². The van der Waals surface area contributed by atoms with Gasteiger partial charge in [-0.3, -0.25) is 4.90 Å². The van der Waals surface area contributed by atoms with Crippen molar-refractivity contribution < 1.29 is 4.74 Å². The van der Waals surface area contributed by atoms with Gasteiger partial charge in [-0.1, -0.05) is 31.2 Å². The molecule has 0 amide bonds. The van der Waals surface area contributed by atoms with Crippen LogP contribution in [0.5, 0.6) is 0 Å². The van der Waals surface area contributed by atoms with E-state index in [0.717, 1.165) is 32.2 Å². The Bertz CT molecular complexity index is 394. The molecule has 3 heteroatoms. The molecule has 2 rings (SSSR count). The molecular formula is C17H28N2O. The van der Waals surface area contributed by atoms with Crippen molar-refractivity contribution in [2.24, 2.45) is 5.92 Å². The van der Waals surface area contributed by atoms with Gasteiger partial charge in [0.2, 0.25) is 0 Å². The molecule has 0 spiro atoms. The van der Waals surface area contributed by atoms with Crippen molar-refractivity contribution in [2.75, 3.05) is 33.4 Å². The third-order valence-corrected chi connectivity index (χ3v) is 3.93. The van der Waals surface area contributed by atoms with Gasteiger partial charge in [-0.25, -0.2) is 0 Å². The van der Waals surface area contributed by atoms with Gasteiger partial charge in [-0.05, 0) is 43.0 Å². The molecule has 1 aromatic rings. The van der Waals surface area contributed by atoms with Gasteiger partial charge in [0, 0.05) is 26.7 Å². The van der Waals surface area contributed by atoms with Crippen molar-refractivity contribution in [3.63, 3.8) is 0 Å². The van der Waals surface area contributed by atoms with Crippen LogP contribution in [0.25, 0.3) is 0 Å². The molecule has 1 N–H and O–H groups in total. The quantitative estimate of drug-likeness (QED) is 0.739. The topological polar surface area (TPSA) is 24.5 Å². The number of nitrogens with one attached hydrogen (secondary N) is 1. The fourth-order valence-electron chi connectivity index (χ4n) is 2.93. The third-order valence-electron chi connectivity index (χ3n) is 3.93. The molecule has 20 heavy (non-hydrogen) atoms. The van der Waals surface area contributed by atoms with E-state index in [-0.39, 0.29) is 0 Å². The van der Waals surface area contributed by atoms with Crippen LogP contribution in [0.15, 0.2) is 24.3 Å². The Labute approximate surface area is 123 Å². The second-order valence-corrected chi connectivity index (χ2v) is 5.84. The predicted octanol–water partition coefficient (Wildman–Crippen LogP) is 2.65. The van der Waals surface area contributed by atoms with E-state index < -0.39 is 0 Å². The molecule has 0 aliphatic carbocycles. The molecule has 3 nitrogen and oxygen atoms in total. The SMILES string of the molecule is CCCNCc1cccc(CN2CCC(COC)C2)c1. The maximum Gasteiger partial charge on any atom is 0.0503 e. The zero-order valence-corrected chi connectivity index (χ0v) is 12.9. The number of hydrogen-bond donors (Lipinski definition) is 1. The van der Waals surface area contributed by atoms with Crippen molar-refractivity contribution >= 4 is 0 Å². The number of rotatable bonds is 8. The van der Waals surface area contributed by atoms with Gasteiger partial charge in [-0.2, -0.15) is 0 Å². The molecule has 0 aromatic heterocycles. The highest BCUT2D eigenvalue weighted by molar-refractivity contribution is 5.23. The number of ether oxygens (including phenoxy) is 1. The van der Waals surface area contributed by atoms with Crippen LogP contribution in [0, 0.1) is 5.92 Å². The highest BCUT2D eigenvalue weighted by Gasteiger charge is 2.22. The monoisotopic (exact) mass is 276 g/mol. The molecular weight excluding hydrogens is 248 g/mol. The van der Waals surface area contributed by atoms with Crippen LogP contribution in [0.2, 0.25) is 0 Å². The van der Waals surface area contributed by atoms with Gasteiger partial charge in [0.25, 0.3) is 0 Å². The summed E-state index contributed by atoms with van der Waals surface area (Å²) < 4.78 is 5.26. The second-order valence-electron chi connectivity index (χ2n) is 5.84. The predicted molar refractivity (Wildman–Crippen MR) is 83.7 cm³/mol. The van der Waals surface area contributed by atoms with Crippen molar-refractivity contribution in [3.05, 3.63) is 35.4 Å². The van der Waals surface area contributed by atoms with Crippen LogP contribution in [-0.4, -0.2) is 38.3 Å². The van der Waals surface area contributed by atoms with E-state index in [1.807, 2.05) is 0 Å². The highest BCUT2D eigenvalue weighted by atomic mass is 16.5. The Hall–Kier alpha value is -0.900. The largest absolute Gasteiger partial charge is 0.384 e. The number of nitrogens with zero attached hydrogens (tertiary/aromatic N) is 1. The van der Waals surface area contributed by atoms with Crippen molar-refractivity contribution in [1.82, 2.24) is 10.2 Å². The van der Waals surface area contributed by atoms with E-state index in [1.54, 1.807) is 7.11 Å². The first-order valence-electron chi connectivity index (χ1n) is 7.81. The lowest BCUT2D eigenvalue weighted by Crippen LogP contribution is -2.21. The van der Waals surface area contributed by atoms with Gasteiger partial charge in [0.1, 0.15) is 0 Å². The lowest BCUT2D eigenvalue weighted by Gasteiger charge is -2.16. The van der Waals surface area contributed by atoms with E-state index in [2.05, 4.69) is 41.4 Å². The molecule has 1 atom stereocenters. The Kier molecular flexibility index (Phi) is 6.51. The molecule has 112 valence electrons. The molecule has 0 bridgehead atoms. The molecule has 1 aliphatic heterocycles. The minimum absolute atomic E-state index is 0.717. The lowest BCUT2D eigenvalue weighted by molar-refractivity contribution is 0.152. The first kappa shape index (κ1) is 15.5. The van der Waals surface area contributed by atoms with Crippen molar-refractivity contribution in [3.8, 4) is 0 Å². The summed E-state index contributed by atoms with van der Waals surface area (Å²) in [6.45, 7) is 8.62. The van der Waals surface area contributed by atoms with Gasteiger partial charge in [0.05, 0.1) is 6.61 Å². The van der Waals surface area contributed by atoms with Crippen LogP contribution in [0.1, 0.15) is 30.9 Å². The summed E-state index contributed by atoms with van der Waals surface area (Å²) in [5, 5.41) is 3.47. The molecule has 0 saturated carbocycles. The molecule has 1 fully saturated rings. The Morgan fingerprint density at radius 1 is 1.35 bits per heavy atom. The summed E-state index contributed by atoms with van der Waals surface area (Å²) in [4.78, 5) is 2.54. The van der Waals surface area contributed by atoms with Crippen LogP contribution in [0.4, 0.5) is 0 Å². The van der Waals surface area contributed by atoms with E-state index in [4.69, 9.17) is 4.74 Å².